The summed E-state index contributed by atoms with van der Waals surface area (Å²) in [6.45, 7) is 6.57. The summed E-state index contributed by atoms with van der Waals surface area (Å²) in [6, 6.07) is 5.91. The summed E-state index contributed by atoms with van der Waals surface area (Å²) in [4.78, 5) is 0. The normalized spacial score (nSPS) is 9.72. The van der Waals surface area contributed by atoms with E-state index in [1.54, 1.807) is 0 Å². The van der Waals surface area contributed by atoms with Gasteiger partial charge in [0.05, 0.1) is 13.2 Å². The first-order valence-electron chi connectivity index (χ1n) is 6.28. The molecule has 0 bridgehead atoms. The van der Waals surface area contributed by atoms with E-state index in [9.17, 15) is 0 Å². The second kappa shape index (κ2) is 8.57. The molecule has 1 rings (SSSR count). The number of hydrogen-bond donors (Lipinski definition) is 1. The number of hydrogen-bond acceptors (Lipinski definition) is 3. The molecule has 0 radical (unpaired) electrons. The summed E-state index contributed by atoms with van der Waals surface area (Å²) in [6.07, 6.45) is 0.904. The predicted molar refractivity (Wildman–Crippen MR) is 73.7 cm³/mol. The van der Waals surface area contributed by atoms with Crippen LogP contribution >= 0.6 is 0 Å². The molecule has 0 heterocycles. The Morgan fingerprint density at radius 1 is 1.28 bits per heavy atom. The third kappa shape index (κ3) is 5.22. The second-order valence-corrected chi connectivity index (χ2v) is 3.88. The Morgan fingerprint density at radius 3 is 2.78 bits per heavy atom. The lowest BCUT2D eigenvalue weighted by molar-refractivity contribution is 0.131. The molecule has 0 saturated heterocycles. The molecule has 0 atom stereocenters. The molecule has 0 unspecified atom stereocenters. The van der Waals surface area contributed by atoms with Gasteiger partial charge in [-0.25, -0.2) is 0 Å². The minimum atomic E-state index is 0.384. The smallest absolute Gasteiger partial charge is 0.119 e. The Hall–Kier alpha value is -1.50. The Bertz CT molecular complexity index is 418. The molecule has 0 amide bonds. The van der Waals surface area contributed by atoms with Crippen molar-refractivity contribution in [1.82, 2.24) is 0 Å². The van der Waals surface area contributed by atoms with Gasteiger partial charge in [0.25, 0.3) is 0 Å². The number of nitrogens with two attached hydrogens (primary N) is 1. The molecule has 0 spiro atoms. The zero-order valence-electron chi connectivity index (χ0n) is 11.2. The maximum atomic E-state index is 5.64. The zero-order chi connectivity index (χ0) is 13.2. The molecular formula is C15H21NO2. The fourth-order valence-electron chi connectivity index (χ4n) is 1.51. The number of benzene rings is 1. The van der Waals surface area contributed by atoms with Gasteiger partial charge >= 0.3 is 0 Å². The van der Waals surface area contributed by atoms with E-state index in [-0.39, 0.29) is 0 Å². The van der Waals surface area contributed by atoms with E-state index in [2.05, 4.69) is 11.8 Å². The molecule has 0 saturated carbocycles. The van der Waals surface area contributed by atoms with Gasteiger partial charge in [0.1, 0.15) is 5.75 Å². The quantitative estimate of drug-likeness (QED) is 0.618. The molecule has 1 aromatic carbocycles. The molecular weight excluding hydrogens is 226 g/mol. The van der Waals surface area contributed by atoms with Gasteiger partial charge in [-0.3, -0.25) is 0 Å². The predicted octanol–water partition coefficient (Wildman–Crippen LogP) is 2.11. The van der Waals surface area contributed by atoms with Crippen LogP contribution in [-0.2, 0) is 4.74 Å². The fraction of sp³-hybridized carbons (Fsp3) is 0.467. The minimum absolute atomic E-state index is 0.384. The fourth-order valence-corrected chi connectivity index (χ4v) is 1.51. The Kier molecular flexibility index (Phi) is 6.93. The van der Waals surface area contributed by atoms with Crippen LogP contribution in [0.5, 0.6) is 5.75 Å². The molecule has 3 heteroatoms. The number of rotatable bonds is 6. The van der Waals surface area contributed by atoms with Crippen molar-refractivity contribution in [1.29, 1.82) is 0 Å². The molecule has 2 N–H and O–H groups in total. The van der Waals surface area contributed by atoms with E-state index in [1.807, 2.05) is 32.0 Å². The molecule has 1 aromatic rings. The van der Waals surface area contributed by atoms with Gasteiger partial charge < -0.3 is 15.2 Å². The van der Waals surface area contributed by atoms with Crippen LogP contribution in [0.4, 0.5) is 0 Å². The van der Waals surface area contributed by atoms with Crippen LogP contribution in [0, 0.1) is 18.8 Å². The summed E-state index contributed by atoms with van der Waals surface area (Å²) in [5.74, 6) is 6.76. The van der Waals surface area contributed by atoms with Crippen molar-refractivity contribution < 1.29 is 9.47 Å². The summed E-state index contributed by atoms with van der Waals surface area (Å²) in [5, 5.41) is 0. The van der Waals surface area contributed by atoms with E-state index >= 15 is 0 Å². The number of ether oxygens (including phenoxy) is 2. The highest BCUT2D eigenvalue weighted by Crippen LogP contribution is 2.16. The van der Waals surface area contributed by atoms with Crippen LogP contribution in [0.15, 0.2) is 18.2 Å². The third-order valence-corrected chi connectivity index (χ3v) is 2.43. The van der Waals surface area contributed by atoms with Crippen LogP contribution in [-0.4, -0.2) is 26.4 Å². The number of aryl methyl sites for hydroxylation is 1. The van der Waals surface area contributed by atoms with E-state index in [0.29, 0.717) is 13.2 Å². The highest BCUT2D eigenvalue weighted by atomic mass is 16.5. The lowest BCUT2D eigenvalue weighted by Crippen LogP contribution is -2.03. The van der Waals surface area contributed by atoms with E-state index < -0.39 is 0 Å². The van der Waals surface area contributed by atoms with Crippen molar-refractivity contribution in [3.63, 3.8) is 0 Å². The zero-order valence-corrected chi connectivity index (χ0v) is 11.2. The first kappa shape index (κ1) is 14.6. The van der Waals surface area contributed by atoms with Crippen molar-refractivity contribution in [3.8, 4) is 17.6 Å². The van der Waals surface area contributed by atoms with E-state index in [0.717, 1.165) is 36.5 Å². The Balaban J connectivity index is 2.46. The van der Waals surface area contributed by atoms with Gasteiger partial charge in [0.15, 0.2) is 0 Å². The van der Waals surface area contributed by atoms with Gasteiger partial charge in [-0.2, -0.15) is 0 Å². The first-order valence-corrected chi connectivity index (χ1v) is 6.28. The average molecular weight is 247 g/mol. The molecule has 0 aliphatic rings. The van der Waals surface area contributed by atoms with Gasteiger partial charge in [-0.1, -0.05) is 11.8 Å². The van der Waals surface area contributed by atoms with Crippen LogP contribution < -0.4 is 10.5 Å². The third-order valence-electron chi connectivity index (χ3n) is 2.43. The summed E-state index contributed by atoms with van der Waals surface area (Å²) in [7, 11) is 0. The molecule has 3 nitrogen and oxygen atoms in total. The molecule has 0 fully saturated rings. The van der Waals surface area contributed by atoms with Gasteiger partial charge in [-0.05, 0) is 37.6 Å². The largest absolute Gasteiger partial charge is 0.493 e. The van der Waals surface area contributed by atoms with Crippen molar-refractivity contribution in [2.75, 3.05) is 26.4 Å². The average Bonchev–Trinajstić information content (AvgIpc) is 2.37. The highest BCUT2D eigenvalue weighted by molar-refractivity contribution is 5.44. The van der Waals surface area contributed by atoms with Crippen molar-refractivity contribution in [2.45, 2.75) is 20.3 Å². The molecule has 0 aromatic heterocycles. The van der Waals surface area contributed by atoms with E-state index in [4.69, 9.17) is 15.2 Å². The van der Waals surface area contributed by atoms with Crippen LogP contribution in [0.25, 0.3) is 0 Å². The molecule has 18 heavy (non-hydrogen) atoms. The van der Waals surface area contributed by atoms with Crippen molar-refractivity contribution in [2.24, 2.45) is 5.73 Å². The first-order chi connectivity index (χ1) is 8.77. The van der Waals surface area contributed by atoms with Crippen LogP contribution in [0.2, 0.25) is 0 Å². The van der Waals surface area contributed by atoms with Crippen molar-refractivity contribution >= 4 is 0 Å². The van der Waals surface area contributed by atoms with Crippen molar-refractivity contribution in [3.05, 3.63) is 29.3 Å². The van der Waals surface area contributed by atoms with Crippen LogP contribution in [0.1, 0.15) is 24.5 Å². The molecule has 0 aliphatic heterocycles. The lowest BCUT2D eigenvalue weighted by Gasteiger charge is -2.08. The summed E-state index contributed by atoms with van der Waals surface area (Å²) >= 11 is 0. The maximum Gasteiger partial charge on any atom is 0.119 e. The molecule has 0 aliphatic carbocycles. The molecule has 98 valence electrons. The summed E-state index contributed by atoms with van der Waals surface area (Å²) < 4.78 is 10.9. The maximum absolute atomic E-state index is 5.64. The minimum Gasteiger partial charge on any atom is -0.493 e. The topological polar surface area (TPSA) is 44.5 Å². The highest BCUT2D eigenvalue weighted by Gasteiger charge is 1.98. The summed E-state index contributed by atoms with van der Waals surface area (Å²) in [5.41, 5.74) is 7.46. The SMILES string of the molecule is CCOCCCOc1ccc(C#CCN)c(C)c1. The lowest BCUT2D eigenvalue weighted by atomic mass is 10.1. The Morgan fingerprint density at radius 2 is 2.11 bits per heavy atom. The van der Waals surface area contributed by atoms with Gasteiger partial charge in [0.2, 0.25) is 0 Å². The van der Waals surface area contributed by atoms with Gasteiger partial charge in [0, 0.05) is 25.2 Å². The van der Waals surface area contributed by atoms with Crippen LogP contribution in [0.3, 0.4) is 0 Å². The monoisotopic (exact) mass is 247 g/mol. The van der Waals surface area contributed by atoms with Gasteiger partial charge in [-0.15, -0.1) is 0 Å². The van der Waals surface area contributed by atoms with E-state index in [1.165, 1.54) is 0 Å². The second-order valence-electron chi connectivity index (χ2n) is 3.88. The standard InChI is InChI=1S/C15H21NO2/c1-3-17-10-5-11-18-15-8-7-14(6-4-9-16)13(2)12-15/h7-8,12H,3,5,9-11,16H2,1-2H3. The Labute approximate surface area is 109 Å².